The third-order valence-electron chi connectivity index (χ3n) is 4.31. The minimum Gasteiger partial charge on any atom is -0.476 e. The van der Waals surface area contributed by atoms with Gasteiger partial charge in [-0.2, -0.15) is 5.10 Å². The summed E-state index contributed by atoms with van der Waals surface area (Å²) in [5, 5.41) is 20.7. The topological polar surface area (TPSA) is 130 Å². The number of carboxylic acid groups (broad SMARTS) is 1. The lowest BCUT2D eigenvalue weighted by molar-refractivity contribution is 0.0692. The van der Waals surface area contributed by atoms with E-state index in [1.165, 1.54) is 0 Å². The van der Waals surface area contributed by atoms with E-state index in [-0.39, 0.29) is 5.69 Å². The number of benzene rings is 1. The molecule has 0 spiro atoms. The Balaban J connectivity index is 1.74. The van der Waals surface area contributed by atoms with Crippen molar-refractivity contribution in [2.24, 2.45) is 0 Å². The van der Waals surface area contributed by atoms with E-state index in [9.17, 15) is 9.90 Å². The van der Waals surface area contributed by atoms with Crippen LogP contribution in [0, 0.1) is 0 Å². The molecule has 9 heteroatoms. The van der Waals surface area contributed by atoms with E-state index in [0.717, 1.165) is 5.39 Å². The number of nitrogens with zero attached hydrogens (tertiary/aromatic N) is 4. The second kappa shape index (κ2) is 6.16. The number of fused-ring (bicyclic) bond motifs is 2. The molecule has 0 fully saturated rings. The van der Waals surface area contributed by atoms with E-state index in [4.69, 9.17) is 4.42 Å². The predicted molar refractivity (Wildman–Crippen MR) is 101 cm³/mol. The van der Waals surface area contributed by atoms with E-state index in [1.807, 2.05) is 0 Å². The van der Waals surface area contributed by atoms with Crippen molar-refractivity contribution in [1.82, 2.24) is 25.1 Å². The van der Waals surface area contributed by atoms with E-state index < -0.39 is 5.97 Å². The average Bonchev–Trinajstić information content (AvgIpc) is 3.32. The van der Waals surface area contributed by atoms with Crippen LogP contribution in [-0.4, -0.2) is 36.2 Å². The number of anilines is 2. The van der Waals surface area contributed by atoms with E-state index in [1.54, 1.807) is 55.1 Å². The quantitative estimate of drug-likeness (QED) is 0.436. The van der Waals surface area contributed by atoms with Gasteiger partial charge in [0.15, 0.2) is 22.9 Å². The van der Waals surface area contributed by atoms with Gasteiger partial charge in [0, 0.05) is 24.0 Å². The number of rotatable bonds is 4. The number of aromatic amines is 1. The molecule has 136 valence electrons. The van der Waals surface area contributed by atoms with Crippen LogP contribution in [0.5, 0.6) is 0 Å². The van der Waals surface area contributed by atoms with Gasteiger partial charge in [-0.25, -0.2) is 14.8 Å². The molecule has 0 atom stereocenters. The highest BCUT2D eigenvalue weighted by atomic mass is 16.4. The van der Waals surface area contributed by atoms with Crippen molar-refractivity contribution in [3.63, 3.8) is 0 Å². The van der Waals surface area contributed by atoms with Crippen LogP contribution in [0.1, 0.15) is 10.5 Å². The standard InChI is InChI=1S/C19H12N6O3/c26-19(27)16-14-11(3-1-4-12(14)24-25-16)23-15-10-5-8-20-9-13(10)28-17(15)18-21-6-2-7-22-18/h1-9,23H,(H,24,25)(H,26,27). The summed E-state index contributed by atoms with van der Waals surface area (Å²) < 4.78 is 5.94. The van der Waals surface area contributed by atoms with Crippen LogP contribution in [-0.2, 0) is 0 Å². The van der Waals surface area contributed by atoms with Crippen LogP contribution in [0.15, 0.2) is 59.5 Å². The highest BCUT2D eigenvalue weighted by molar-refractivity contribution is 6.09. The van der Waals surface area contributed by atoms with Crippen LogP contribution in [0.3, 0.4) is 0 Å². The van der Waals surface area contributed by atoms with E-state index in [0.29, 0.717) is 39.4 Å². The summed E-state index contributed by atoms with van der Waals surface area (Å²) in [5.41, 5.74) is 2.29. The highest BCUT2D eigenvalue weighted by Gasteiger charge is 2.21. The van der Waals surface area contributed by atoms with Crippen molar-refractivity contribution >= 4 is 39.2 Å². The van der Waals surface area contributed by atoms with Crippen molar-refractivity contribution in [2.75, 3.05) is 5.32 Å². The van der Waals surface area contributed by atoms with Gasteiger partial charge in [0.25, 0.3) is 0 Å². The average molecular weight is 372 g/mol. The molecule has 0 saturated heterocycles. The number of carbonyl (C=O) groups is 1. The van der Waals surface area contributed by atoms with Crippen molar-refractivity contribution in [3.05, 3.63) is 60.8 Å². The van der Waals surface area contributed by atoms with Gasteiger partial charge in [-0.1, -0.05) is 6.07 Å². The number of H-pyrrole nitrogens is 1. The zero-order chi connectivity index (χ0) is 19.1. The van der Waals surface area contributed by atoms with Gasteiger partial charge < -0.3 is 14.8 Å². The first-order chi connectivity index (χ1) is 13.7. The maximum Gasteiger partial charge on any atom is 0.357 e. The molecule has 0 amide bonds. The first-order valence-electron chi connectivity index (χ1n) is 8.33. The Morgan fingerprint density at radius 3 is 2.79 bits per heavy atom. The molecule has 4 aromatic heterocycles. The molecule has 5 rings (SSSR count). The summed E-state index contributed by atoms with van der Waals surface area (Å²) in [4.78, 5) is 24.2. The van der Waals surface area contributed by atoms with Crippen LogP contribution >= 0.6 is 0 Å². The lowest BCUT2D eigenvalue weighted by Crippen LogP contribution is -2.00. The summed E-state index contributed by atoms with van der Waals surface area (Å²) in [6.45, 7) is 0. The van der Waals surface area contributed by atoms with Crippen LogP contribution in [0.4, 0.5) is 11.4 Å². The van der Waals surface area contributed by atoms with Gasteiger partial charge in [0.2, 0.25) is 0 Å². The second-order valence-electron chi connectivity index (χ2n) is 5.98. The number of nitrogens with one attached hydrogen (secondary N) is 2. The Hall–Kier alpha value is -4.27. The Labute approximate surface area is 157 Å². The molecule has 28 heavy (non-hydrogen) atoms. The number of pyridine rings is 1. The van der Waals surface area contributed by atoms with Gasteiger partial charge in [-0.15, -0.1) is 0 Å². The first kappa shape index (κ1) is 15.9. The number of aromatic nitrogens is 5. The lowest BCUT2D eigenvalue weighted by Gasteiger charge is -2.08. The molecule has 0 bridgehead atoms. The molecular weight excluding hydrogens is 360 g/mol. The second-order valence-corrected chi connectivity index (χ2v) is 5.98. The number of furan rings is 1. The fourth-order valence-electron chi connectivity index (χ4n) is 3.12. The molecular formula is C19H12N6O3. The van der Waals surface area contributed by atoms with E-state index >= 15 is 0 Å². The number of aromatic carboxylic acids is 1. The normalized spacial score (nSPS) is 11.1. The highest BCUT2D eigenvalue weighted by Crippen LogP contribution is 2.39. The zero-order valence-corrected chi connectivity index (χ0v) is 14.2. The fourth-order valence-corrected chi connectivity index (χ4v) is 3.12. The van der Waals surface area contributed by atoms with Crippen LogP contribution in [0.2, 0.25) is 0 Å². The Morgan fingerprint density at radius 2 is 1.96 bits per heavy atom. The van der Waals surface area contributed by atoms with Crippen molar-refractivity contribution in [2.45, 2.75) is 0 Å². The van der Waals surface area contributed by atoms with Gasteiger partial charge in [0.05, 0.1) is 28.5 Å². The van der Waals surface area contributed by atoms with Crippen molar-refractivity contribution < 1.29 is 14.3 Å². The Morgan fingerprint density at radius 1 is 1.11 bits per heavy atom. The number of carboxylic acids is 1. The molecule has 0 aliphatic carbocycles. The van der Waals surface area contributed by atoms with Crippen molar-refractivity contribution in [1.29, 1.82) is 0 Å². The molecule has 1 aromatic carbocycles. The predicted octanol–water partition coefficient (Wildman–Crippen LogP) is 3.60. The maximum atomic E-state index is 11.6. The molecule has 0 radical (unpaired) electrons. The molecule has 0 aliphatic heterocycles. The smallest absolute Gasteiger partial charge is 0.357 e. The molecule has 4 heterocycles. The molecule has 9 nitrogen and oxygen atoms in total. The minimum atomic E-state index is -1.12. The molecule has 5 aromatic rings. The van der Waals surface area contributed by atoms with Gasteiger partial charge >= 0.3 is 5.97 Å². The van der Waals surface area contributed by atoms with E-state index in [2.05, 4.69) is 30.5 Å². The number of hydrogen-bond acceptors (Lipinski definition) is 7. The van der Waals surface area contributed by atoms with Crippen LogP contribution < -0.4 is 5.32 Å². The Kier molecular flexibility index (Phi) is 3.51. The summed E-state index contributed by atoms with van der Waals surface area (Å²) in [6, 6.07) is 8.86. The fraction of sp³-hybridized carbons (Fsp3) is 0. The Bertz CT molecular complexity index is 1330. The maximum absolute atomic E-state index is 11.6. The van der Waals surface area contributed by atoms with Gasteiger partial charge in [-0.05, 0) is 24.3 Å². The molecule has 3 N–H and O–H groups in total. The molecule has 0 unspecified atom stereocenters. The van der Waals surface area contributed by atoms with Crippen LogP contribution in [0.25, 0.3) is 33.5 Å². The summed E-state index contributed by atoms with van der Waals surface area (Å²) in [6.07, 6.45) is 6.50. The zero-order valence-electron chi connectivity index (χ0n) is 14.2. The third-order valence-corrected chi connectivity index (χ3v) is 4.31. The van der Waals surface area contributed by atoms with Gasteiger partial charge in [-0.3, -0.25) is 10.1 Å². The SMILES string of the molecule is O=C(O)c1n[nH]c2cccc(Nc3c(-c4ncccn4)oc4cnccc34)c12. The summed E-state index contributed by atoms with van der Waals surface area (Å²) in [5.74, 6) is -0.284. The van der Waals surface area contributed by atoms with Crippen molar-refractivity contribution in [3.8, 4) is 11.6 Å². The monoisotopic (exact) mass is 372 g/mol. The summed E-state index contributed by atoms with van der Waals surface area (Å²) in [7, 11) is 0. The minimum absolute atomic E-state index is 0.0647. The lowest BCUT2D eigenvalue weighted by atomic mass is 10.1. The third kappa shape index (κ3) is 2.45. The summed E-state index contributed by atoms with van der Waals surface area (Å²) >= 11 is 0. The number of hydrogen-bond donors (Lipinski definition) is 3. The first-order valence-corrected chi connectivity index (χ1v) is 8.33. The molecule has 0 saturated carbocycles. The largest absolute Gasteiger partial charge is 0.476 e. The molecule has 0 aliphatic rings. The van der Waals surface area contributed by atoms with Gasteiger partial charge in [0.1, 0.15) is 0 Å².